The molecule has 0 aliphatic carbocycles. The van der Waals surface area contributed by atoms with Gasteiger partial charge in [0.05, 0.1) is 10.9 Å². The maximum Gasteiger partial charge on any atom is 0.329 e. The number of carbonyl (C=O) groups excluding carboxylic acids is 1. The zero-order valence-electron chi connectivity index (χ0n) is 16.4. The summed E-state index contributed by atoms with van der Waals surface area (Å²) in [5.41, 5.74) is -0.106. The minimum Gasteiger partial charge on any atom is -0.348 e. The number of aromatic amines is 1. The Hall–Kier alpha value is -2.78. The third-order valence-electron chi connectivity index (χ3n) is 5.24. The first-order valence-electron chi connectivity index (χ1n) is 9.58. The number of H-pyrrole nitrogens is 1. The van der Waals surface area contributed by atoms with Crippen molar-refractivity contribution < 1.29 is 4.79 Å². The molecule has 2 N–H and O–H groups in total. The average molecular weight is 414 g/mol. The summed E-state index contributed by atoms with van der Waals surface area (Å²) in [6.07, 6.45) is 1.89. The van der Waals surface area contributed by atoms with Gasteiger partial charge in [-0.15, -0.1) is 11.3 Å². The summed E-state index contributed by atoms with van der Waals surface area (Å²) >= 11 is 1.73. The molecule has 1 fully saturated rings. The average Bonchev–Trinajstić information content (AvgIpc) is 3.18. The highest BCUT2D eigenvalue weighted by molar-refractivity contribution is 7.09. The Morgan fingerprint density at radius 3 is 3.00 bits per heavy atom. The van der Waals surface area contributed by atoms with Crippen LogP contribution in [0, 0.1) is 6.92 Å². The molecule has 0 spiro atoms. The molecule has 152 valence electrons. The SMILES string of the molecule is Cc1cc(C(=O)NC2CCCN(Cc3cccs3)C2)c2c(=O)[nH]c(=O)n(C)c2n1. The van der Waals surface area contributed by atoms with Gasteiger partial charge in [-0.3, -0.25) is 24.0 Å². The standard InChI is InChI=1S/C20H23N5O3S/c1-12-9-15(16-17(21-12)24(2)20(28)23-19(16)27)18(26)22-13-5-3-7-25(10-13)11-14-6-4-8-29-14/h4,6,8-9,13H,3,5,7,10-11H2,1-2H3,(H,22,26)(H,23,27,28). The Morgan fingerprint density at radius 2 is 2.24 bits per heavy atom. The van der Waals surface area contributed by atoms with Gasteiger partial charge in [-0.05, 0) is 43.8 Å². The van der Waals surface area contributed by atoms with E-state index in [-0.39, 0.29) is 28.5 Å². The van der Waals surface area contributed by atoms with E-state index in [4.69, 9.17) is 0 Å². The van der Waals surface area contributed by atoms with Crippen LogP contribution in [0.15, 0.2) is 33.2 Å². The number of hydrogen-bond donors (Lipinski definition) is 2. The van der Waals surface area contributed by atoms with E-state index < -0.39 is 11.2 Å². The first-order valence-corrected chi connectivity index (χ1v) is 10.5. The van der Waals surface area contributed by atoms with E-state index >= 15 is 0 Å². The molecular formula is C20H23N5O3S. The van der Waals surface area contributed by atoms with Gasteiger partial charge in [-0.1, -0.05) is 6.07 Å². The molecule has 4 heterocycles. The normalized spacial score (nSPS) is 17.5. The van der Waals surface area contributed by atoms with Gasteiger partial charge in [-0.25, -0.2) is 9.78 Å². The lowest BCUT2D eigenvalue weighted by atomic mass is 10.0. The van der Waals surface area contributed by atoms with Crippen molar-refractivity contribution in [3.63, 3.8) is 0 Å². The number of piperidine rings is 1. The zero-order chi connectivity index (χ0) is 20.5. The van der Waals surface area contributed by atoms with Crippen molar-refractivity contribution in [3.8, 4) is 0 Å². The summed E-state index contributed by atoms with van der Waals surface area (Å²) in [6, 6.07) is 5.77. The van der Waals surface area contributed by atoms with Crippen molar-refractivity contribution in [1.82, 2.24) is 24.8 Å². The van der Waals surface area contributed by atoms with Gasteiger partial charge < -0.3 is 5.32 Å². The number of amides is 1. The van der Waals surface area contributed by atoms with Crippen molar-refractivity contribution >= 4 is 28.3 Å². The van der Waals surface area contributed by atoms with Crippen molar-refractivity contribution in [1.29, 1.82) is 0 Å². The Morgan fingerprint density at radius 1 is 1.41 bits per heavy atom. The van der Waals surface area contributed by atoms with Crippen LogP contribution < -0.4 is 16.6 Å². The quantitative estimate of drug-likeness (QED) is 0.673. The van der Waals surface area contributed by atoms with Crippen LogP contribution >= 0.6 is 11.3 Å². The van der Waals surface area contributed by atoms with E-state index in [2.05, 4.69) is 31.6 Å². The number of rotatable bonds is 4. The number of nitrogens with one attached hydrogen (secondary N) is 2. The fourth-order valence-corrected chi connectivity index (χ4v) is 4.59. The maximum atomic E-state index is 13.1. The molecule has 4 rings (SSSR count). The number of fused-ring (bicyclic) bond motifs is 1. The summed E-state index contributed by atoms with van der Waals surface area (Å²) in [5.74, 6) is -0.312. The molecule has 29 heavy (non-hydrogen) atoms. The van der Waals surface area contributed by atoms with Crippen LogP contribution in [0.4, 0.5) is 0 Å². The summed E-state index contributed by atoms with van der Waals surface area (Å²) in [7, 11) is 1.53. The Bertz CT molecular complexity index is 1170. The second-order valence-electron chi connectivity index (χ2n) is 7.46. The highest BCUT2D eigenvalue weighted by Gasteiger charge is 2.24. The molecular weight excluding hydrogens is 390 g/mol. The number of aryl methyl sites for hydroxylation is 2. The first kappa shape index (κ1) is 19.5. The summed E-state index contributed by atoms with van der Waals surface area (Å²) in [4.78, 5) is 47.6. The minimum atomic E-state index is -0.594. The van der Waals surface area contributed by atoms with Crippen molar-refractivity contribution in [3.05, 3.63) is 60.6 Å². The van der Waals surface area contributed by atoms with E-state index in [9.17, 15) is 14.4 Å². The number of nitrogens with zero attached hydrogens (tertiary/aromatic N) is 3. The van der Waals surface area contributed by atoms with Gasteiger partial charge in [0, 0.05) is 36.8 Å². The monoisotopic (exact) mass is 413 g/mol. The minimum absolute atomic E-state index is 0.00588. The van der Waals surface area contributed by atoms with Gasteiger partial charge in [0.15, 0.2) is 0 Å². The van der Waals surface area contributed by atoms with Crippen LogP contribution in [0.5, 0.6) is 0 Å². The third kappa shape index (κ3) is 4.01. The second kappa shape index (κ2) is 7.92. The van der Waals surface area contributed by atoms with Crippen LogP contribution in [0.3, 0.4) is 0 Å². The van der Waals surface area contributed by atoms with Crippen LogP contribution in [-0.2, 0) is 13.6 Å². The van der Waals surface area contributed by atoms with Gasteiger partial charge >= 0.3 is 5.69 Å². The predicted octanol–water partition coefficient (Wildman–Crippen LogP) is 1.39. The number of carbonyl (C=O) groups is 1. The number of likely N-dealkylation sites (tertiary alicyclic amines) is 1. The first-order chi connectivity index (χ1) is 13.9. The molecule has 9 heteroatoms. The molecule has 0 saturated carbocycles. The molecule has 1 unspecified atom stereocenters. The predicted molar refractivity (Wildman–Crippen MR) is 112 cm³/mol. The smallest absolute Gasteiger partial charge is 0.329 e. The highest BCUT2D eigenvalue weighted by atomic mass is 32.1. The van der Waals surface area contributed by atoms with Gasteiger partial charge in [0.2, 0.25) is 0 Å². The Balaban J connectivity index is 1.58. The number of pyridine rings is 1. The highest BCUT2D eigenvalue weighted by Crippen LogP contribution is 2.18. The number of hydrogen-bond acceptors (Lipinski definition) is 6. The van der Waals surface area contributed by atoms with E-state index in [1.165, 1.54) is 16.5 Å². The summed E-state index contributed by atoms with van der Waals surface area (Å²) in [6.45, 7) is 4.39. The largest absolute Gasteiger partial charge is 0.348 e. The van der Waals surface area contributed by atoms with E-state index in [1.54, 1.807) is 24.3 Å². The lowest BCUT2D eigenvalue weighted by molar-refractivity contribution is 0.0902. The van der Waals surface area contributed by atoms with E-state index in [1.807, 2.05) is 6.07 Å². The molecule has 3 aromatic heterocycles. The molecule has 0 aromatic carbocycles. The second-order valence-corrected chi connectivity index (χ2v) is 8.49. The Kier molecular flexibility index (Phi) is 5.33. The molecule has 1 saturated heterocycles. The molecule has 0 radical (unpaired) electrons. The van der Waals surface area contributed by atoms with Gasteiger partial charge in [-0.2, -0.15) is 0 Å². The summed E-state index contributed by atoms with van der Waals surface area (Å²) in [5, 5.41) is 5.29. The zero-order valence-corrected chi connectivity index (χ0v) is 17.2. The Labute approximate surface area is 171 Å². The molecule has 1 aliphatic heterocycles. The maximum absolute atomic E-state index is 13.1. The fourth-order valence-electron chi connectivity index (χ4n) is 3.85. The van der Waals surface area contributed by atoms with Crippen molar-refractivity contribution in [2.45, 2.75) is 32.4 Å². The molecule has 1 aliphatic rings. The molecule has 0 bridgehead atoms. The lowest BCUT2D eigenvalue weighted by Gasteiger charge is -2.32. The molecule has 8 nitrogen and oxygen atoms in total. The van der Waals surface area contributed by atoms with E-state index in [0.717, 1.165) is 32.5 Å². The van der Waals surface area contributed by atoms with Crippen LogP contribution in [0.2, 0.25) is 0 Å². The molecule has 1 atom stereocenters. The topological polar surface area (TPSA) is 100 Å². The third-order valence-corrected chi connectivity index (χ3v) is 6.10. The number of thiophene rings is 1. The fraction of sp³-hybridized carbons (Fsp3) is 0.400. The van der Waals surface area contributed by atoms with Crippen LogP contribution in [0.25, 0.3) is 11.0 Å². The molecule has 3 aromatic rings. The van der Waals surface area contributed by atoms with Gasteiger partial charge in [0.25, 0.3) is 11.5 Å². The summed E-state index contributed by atoms with van der Waals surface area (Å²) < 4.78 is 1.25. The van der Waals surface area contributed by atoms with Crippen LogP contribution in [-0.4, -0.2) is 44.5 Å². The van der Waals surface area contributed by atoms with Gasteiger partial charge in [0.1, 0.15) is 5.65 Å². The number of aromatic nitrogens is 3. The lowest BCUT2D eigenvalue weighted by Crippen LogP contribution is -2.47. The van der Waals surface area contributed by atoms with Crippen molar-refractivity contribution in [2.24, 2.45) is 7.05 Å². The van der Waals surface area contributed by atoms with Crippen molar-refractivity contribution in [2.75, 3.05) is 13.1 Å². The van der Waals surface area contributed by atoms with E-state index in [0.29, 0.717) is 5.69 Å². The molecule has 1 amide bonds. The van der Waals surface area contributed by atoms with Crippen LogP contribution in [0.1, 0.15) is 33.8 Å².